The third-order valence-electron chi connectivity index (χ3n) is 7.27. The predicted octanol–water partition coefficient (Wildman–Crippen LogP) is 0.677. The molecule has 3 heterocycles. The Morgan fingerprint density at radius 3 is 2.47 bits per heavy atom. The van der Waals surface area contributed by atoms with Gasteiger partial charge in [-0.2, -0.15) is 9.97 Å². The van der Waals surface area contributed by atoms with E-state index in [0.717, 1.165) is 5.56 Å². The monoisotopic (exact) mass is 623 g/mol. The Balaban J connectivity index is 1.39. The van der Waals surface area contributed by atoms with Crippen LogP contribution in [0.4, 0.5) is 10.6 Å². The van der Waals surface area contributed by atoms with Crippen LogP contribution in [0.2, 0.25) is 0 Å². The molecule has 3 aromatic rings. The number of urea groups is 1. The molecular weight excluding hydrogens is 582 g/mol. The summed E-state index contributed by atoms with van der Waals surface area (Å²) in [6.45, 7) is 6.17. The third-order valence-corrected chi connectivity index (χ3v) is 7.27. The van der Waals surface area contributed by atoms with E-state index in [0.29, 0.717) is 56.9 Å². The van der Waals surface area contributed by atoms with Crippen LogP contribution in [-0.4, -0.2) is 100 Å². The molecule has 4 amide bonds. The number of nitrogens with two attached hydrogens (primary N) is 1. The van der Waals surface area contributed by atoms with E-state index in [9.17, 15) is 19.2 Å². The molecule has 0 saturated carbocycles. The Labute approximate surface area is 261 Å². The lowest BCUT2D eigenvalue weighted by molar-refractivity contribution is -0.140. The molecule has 5 N–H and O–H groups in total. The van der Waals surface area contributed by atoms with Crippen molar-refractivity contribution in [3.63, 3.8) is 0 Å². The molecule has 242 valence electrons. The standard InChI is InChI=1S/C30H41N9O6/c1-19(2)16-22(35-30(43)38-12-14-45-15-13-38)27(41)34-21(17-20-8-5-4-6-9-20)24(40)28(42)32-10-7-11-39-18-33-23-25(31)36-29(44-3)37-26(23)39/h4-6,8-9,18-19,21-22H,7,10-17H2,1-3H3,(H,32,42)(H,34,41)(H,35,43)(H2,31,36,37)/t21-,22-/m0/s1. The van der Waals surface area contributed by atoms with Gasteiger partial charge in [0.05, 0.1) is 26.7 Å². The Morgan fingerprint density at radius 1 is 1.04 bits per heavy atom. The molecule has 0 bridgehead atoms. The van der Waals surface area contributed by atoms with Gasteiger partial charge in [0.2, 0.25) is 11.7 Å². The number of ether oxygens (including phenoxy) is 2. The number of nitrogen functional groups attached to an aromatic ring is 1. The first-order valence-corrected chi connectivity index (χ1v) is 15.0. The number of hydrogen-bond donors (Lipinski definition) is 4. The Hall–Kier alpha value is -4.79. The van der Waals surface area contributed by atoms with Crippen LogP contribution in [-0.2, 0) is 32.1 Å². The number of ketones is 1. The number of carbonyl (C=O) groups excluding carboxylic acids is 4. The Morgan fingerprint density at radius 2 is 1.78 bits per heavy atom. The van der Waals surface area contributed by atoms with Gasteiger partial charge in [-0.1, -0.05) is 44.2 Å². The van der Waals surface area contributed by atoms with Crippen molar-refractivity contribution < 1.29 is 28.7 Å². The van der Waals surface area contributed by atoms with Crippen LogP contribution in [0.15, 0.2) is 36.7 Å². The van der Waals surface area contributed by atoms with Gasteiger partial charge in [0, 0.05) is 32.6 Å². The van der Waals surface area contributed by atoms with Crippen LogP contribution in [0.25, 0.3) is 11.2 Å². The van der Waals surface area contributed by atoms with E-state index in [4.69, 9.17) is 15.2 Å². The maximum atomic E-state index is 13.5. The van der Waals surface area contributed by atoms with Crippen molar-refractivity contribution in [1.29, 1.82) is 0 Å². The highest BCUT2D eigenvalue weighted by Gasteiger charge is 2.31. The van der Waals surface area contributed by atoms with Crippen molar-refractivity contribution in [1.82, 2.24) is 40.4 Å². The summed E-state index contributed by atoms with van der Waals surface area (Å²) in [5.74, 6) is -1.87. The summed E-state index contributed by atoms with van der Waals surface area (Å²) in [6, 6.07) is 6.81. The number of morpholine rings is 1. The highest BCUT2D eigenvalue weighted by atomic mass is 16.5. The van der Waals surface area contributed by atoms with Crippen LogP contribution in [0.5, 0.6) is 6.01 Å². The molecular formula is C30H41N9O6. The Kier molecular flexibility index (Phi) is 11.6. The highest BCUT2D eigenvalue weighted by Crippen LogP contribution is 2.19. The van der Waals surface area contributed by atoms with E-state index in [1.165, 1.54) is 7.11 Å². The number of rotatable bonds is 14. The lowest BCUT2D eigenvalue weighted by atomic mass is 9.99. The summed E-state index contributed by atoms with van der Waals surface area (Å²) in [5, 5.41) is 8.22. The summed E-state index contributed by atoms with van der Waals surface area (Å²) in [5.41, 5.74) is 7.63. The first kappa shape index (κ1) is 33.1. The highest BCUT2D eigenvalue weighted by molar-refractivity contribution is 6.38. The zero-order chi connectivity index (χ0) is 32.3. The van der Waals surface area contributed by atoms with Crippen LogP contribution < -0.4 is 26.4 Å². The minimum absolute atomic E-state index is 0.0777. The van der Waals surface area contributed by atoms with E-state index < -0.39 is 29.7 Å². The van der Waals surface area contributed by atoms with Gasteiger partial charge in [0.15, 0.2) is 11.5 Å². The first-order chi connectivity index (χ1) is 21.7. The van der Waals surface area contributed by atoms with Crippen LogP contribution in [0, 0.1) is 5.92 Å². The van der Waals surface area contributed by atoms with E-state index in [-0.39, 0.29) is 36.7 Å². The molecule has 15 nitrogen and oxygen atoms in total. The topological polar surface area (TPSA) is 196 Å². The van der Waals surface area contributed by atoms with Crippen molar-refractivity contribution in [2.75, 3.05) is 45.7 Å². The maximum Gasteiger partial charge on any atom is 0.320 e. The number of carbonyl (C=O) groups is 4. The minimum Gasteiger partial charge on any atom is -0.467 e. The lowest BCUT2D eigenvalue weighted by Gasteiger charge is -2.30. The zero-order valence-electron chi connectivity index (χ0n) is 25.8. The predicted molar refractivity (Wildman–Crippen MR) is 165 cm³/mol. The number of aromatic nitrogens is 4. The molecule has 0 radical (unpaired) electrons. The first-order valence-electron chi connectivity index (χ1n) is 15.0. The number of anilines is 1. The fraction of sp³-hybridized carbons (Fsp3) is 0.500. The number of Topliss-reactive ketones (excluding diaryl/α,β-unsaturated/α-hetero) is 1. The van der Waals surface area contributed by atoms with Crippen LogP contribution in [0.3, 0.4) is 0 Å². The summed E-state index contributed by atoms with van der Waals surface area (Å²) in [6.07, 6.45) is 2.48. The molecule has 2 atom stereocenters. The van der Waals surface area contributed by atoms with Gasteiger partial charge >= 0.3 is 12.0 Å². The molecule has 1 aliphatic rings. The summed E-state index contributed by atoms with van der Waals surface area (Å²) in [4.78, 5) is 67.0. The van der Waals surface area contributed by atoms with Gasteiger partial charge in [0.1, 0.15) is 17.6 Å². The molecule has 4 rings (SSSR count). The molecule has 2 aromatic heterocycles. The van der Waals surface area contributed by atoms with Gasteiger partial charge in [-0.3, -0.25) is 14.4 Å². The summed E-state index contributed by atoms with van der Waals surface area (Å²) >= 11 is 0. The van der Waals surface area contributed by atoms with Crippen LogP contribution in [0.1, 0.15) is 32.3 Å². The number of aryl methyl sites for hydroxylation is 1. The number of imidazole rings is 1. The molecule has 15 heteroatoms. The number of hydrogen-bond acceptors (Lipinski definition) is 10. The van der Waals surface area contributed by atoms with Gasteiger partial charge in [-0.25, -0.2) is 9.78 Å². The second kappa shape index (κ2) is 15.8. The van der Waals surface area contributed by atoms with Crippen LogP contribution >= 0.6 is 0 Å². The zero-order valence-corrected chi connectivity index (χ0v) is 25.8. The lowest BCUT2D eigenvalue weighted by Crippen LogP contribution is -2.57. The number of methoxy groups -OCH3 is 1. The quantitative estimate of drug-likeness (QED) is 0.146. The molecule has 1 saturated heterocycles. The number of nitrogens with zero attached hydrogens (tertiary/aromatic N) is 5. The van der Waals surface area contributed by atoms with E-state index in [1.54, 1.807) is 15.8 Å². The average Bonchev–Trinajstić information content (AvgIpc) is 3.45. The van der Waals surface area contributed by atoms with Gasteiger partial charge in [-0.15, -0.1) is 0 Å². The largest absolute Gasteiger partial charge is 0.467 e. The second-order valence-corrected chi connectivity index (χ2v) is 11.2. The molecule has 1 aliphatic heterocycles. The van der Waals surface area contributed by atoms with Gasteiger partial charge < -0.3 is 40.6 Å². The van der Waals surface area contributed by atoms with Crippen molar-refractivity contribution in [2.45, 2.75) is 51.7 Å². The normalized spacial score (nSPS) is 14.5. The van der Waals surface area contributed by atoms with Gasteiger partial charge in [-0.05, 0) is 24.3 Å². The molecule has 1 aromatic carbocycles. The number of fused-ring (bicyclic) bond motifs is 1. The van der Waals surface area contributed by atoms with Crippen molar-refractivity contribution >= 4 is 40.6 Å². The minimum atomic E-state index is -1.14. The fourth-order valence-electron chi connectivity index (χ4n) is 4.94. The molecule has 0 unspecified atom stereocenters. The summed E-state index contributed by atoms with van der Waals surface area (Å²) in [7, 11) is 1.44. The van der Waals surface area contributed by atoms with Crippen molar-refractivity contribution in [3.05, 3.63) is 42.2 Å². The number of nitrogens with one attached hydrogen (secondary N) is 3. The Bertz CT molecular complexity index is 1470. The second-order valence-electron chi connectivity index (χ2n) is 11.2. The van der Waals surface area contributed by atoms with E-state index in [1.807, 2.05) is 44.2 Å². The molecule has 1 fully saturated rings. The van der Waals surface area contributed by atoms with E-state index >= 15 is 0 Å². The molecule has 0 spiro atoms. The number of benzene rings is 1. The van der Waals surface area contributed by atoms with Crippen molar-refractivity contribution in [2.24, 2.45) is 5.92 Å². The molecule has 45 heavy (non-hydrogen) atoms. The van der Waals surface area contributed by atoms with E-state index in [2.05, 4.69) is 30.9 Å². The maximum absolute atomic E-state index is 13.5. The average molecular weight is 624 g/mol. The smallest absolute Gasteiger partial charge is 0.320 e. The molecule has 0 aliphatic carbocycles. The SMILES string of the molecule is COc1nc(N)c2ncn(CCCNC(=O)C(=O)[C@H](Cc3ccccc3)NC(=O)[C@H](CC(C)C)NC(=O)N3CCOCC3)c2n1. The van der Waals surface area contributed by atoms with Crippen molar-refractivity contribution in [3.8, 4) is 6.01 Å². The fourth-order valence-corrected chi connectivity index (χ4v) is 4.94. The number of amides is 4. The third kappa shape index (κ3) is 9.11. The van der Waals surface area contributed by atoms with Gasteiger partial charge in [0.25, 0.3) is 5.91 Å². The summed E-state index contributed by atoms with van der Waals surface area (Å²) < 4.78 is 12.2.